The van der Waals surface area contributed by atoms with E-state index in [9.17, 15) is 4.39 Å². The van der Waals surface area contributed by atoms with Crippen LogP contribution in [0.25, 0.3) is 0 Å². The molecule has 0 aliphatic heterocycles. The van der Waals surface area contributed by atoms with Crippen LogP contribution in [0.15, 0.2) is 42.5 Å². The molecule has 2 aromatic carbocycles. The zero-order chi connectivity index (χ0) is 14.4. The minimum atomic E-state index is -0.178. The van der Waals surface area contributed by atoms with E-state index < -0.39 is 0 Å². The van der Waals surface area contributed by atoms with Crippen LogP contribution in [-0.2, 0) is 13.0 Å². The number of hydrogen-bond acceptors (Lipinski definition) is 2. The SMILES string of the molecule is COc1ccc(C)cc1CNCCc1cccc(F)c1. The molecule has 0 unspecified atom stereocenters. The molecule has 0 saturated carbocycles. The Balaban J connectivity index is 1.85. The normalized spacial score (nSPS) is 10.6. The second-order valence-electron chi connectivity index (χ2n) is 4.87. The molecule has 0 atom stereocenters. The largest absolute Gasteiger partial charge is 0.496 e. The van der Waals surface area contributed by atoms with Crippen molar-refractivity contribution in [1.29, 1.82) is 0 Å². The van der Waals surface area contributed by atoms with Gasteiger partial charge in [0.05, 0.1) is 7.11 Å². The zero-order valence-corrected chi connectivity index (χ0v) is 11.9. The van der Waals surface area contributed by atoms with Crippen LogP contribution in [0.3, 0.4) is 0 Å². The van der Waals surface area contributed by atoms with Crippen LogP contribution < -0.4 is 10.1 Å². The van der Waals surface area contributed by atoms with Gasteiger partial charge in [0.1, 0.15) is 11.6 Å². The van der Waals surface area contributed by atoms with Crippen LogP contribution >= 0.6 is 0 Å². The average molecular weight is 273 g/mol. The minimum Gasteiger partial charge on any atom is -0.496 e. The van der Waals surface area contributed by atoms with Crippen LogP contribution in [0.5, 0.6) is 5.75 Å². The van der Waals surface area contributed by atoms with Crippen LogP contribution in [0, 0.1) is 12.7 Å². The van der Waals surface area contributed by atoms with Gasteiger partial charge in [-0.15, -0.1) is 0 Å². The lowest BCUT2D eigenvalue weighted by Crippen LogP contribution is -2.17. The molecule has 2 rings (SSSR count). The first-order chi connectivity index (χ1) is 9.69. The van der Waals surface area contributed by atoms with Gasteiger partial charge in [-0.25, -0.2) is 4.39 Å². The van der Waals surface area contributed by atoms with Gasteiger partial charge in [-0.2, -0.15) is 0 Å². The molecule has 0 fully saturated rings. The Bertz CT molecular complexity index is 569. The summed E-state index contributed by atoms with van der Waals surface area (Å²) >= 11 is 0. The van der Waals surface area contributed by atoms with E-state index in [-0.39, 0.29) is 5.82 Å². The van der Waals surface area contributed by atoms with Gasteiger partial charge in [0.2, 0.25) is 0 Å². The van der Waals surface area contributed by atoms with Gasteiger partial charge in [0.15, 0.2) is 0 Å². The van der Waals surface area contributed by atoms with Gasteiger partial charge in [-0.3, -0.25) is 0 Å². The monoisotopic (exact) mass is 273 g/mol. The molecular formula is C17H20FNO. The predicted octanol–water partition coefficient (Wildman–Crippen LogP) is 3.48. The molecule has 3 heteroatoms. The second-order valence-corrected chi connectivity index (χ2v) is 4.87. The predicted molar refractivity (Wildman–Crippen MR) is 79.5 cm³/mol. The van der Waals surface area contributed by atoms with Crippen molar-refractivity contribution in [2.24, 2.45) is 0 Å². The third-order valence-corrected chi connectivity index (χ3v) is 3.23. The molecule has 0 saturated heterocycles. The number of benzene rings is 2. The van der Waals surface area contributed by atoms with Crippen molar-refractivity contribution in [1.82, 2.24) is 5.32 Å². The fourth-order valence-electron chi connectivity index (χ4n) is 2.19. The lowest BCUT2D eigenvalue weighted by atomic mass is 10.1. The Kier molecular flexibility index (Phi) is 5.13. The molecule has 0 aliphatic rings. The first-order valence-electron chi connectivity index (χ1n) is 6.77. The molecule has 0 bridgehead atoms. The van der Waals surface area contributed by atoms with E-state index in [1.165, 1.54) is 11.6 Å². The van der Waals surface area contributed by atoms with E-state index in [2.05, 4.69) is 18.3 Å². The van der Waals surface area contributed by atoms with Crippen molar-refractivity contribution in [3.8, 4) is 5.75 Å². The first-order valence-corrected chi connectivity index (χ1v) is 6.77. The Morgan fingerprint density at radius 2 is 2.00 bits per heavy atom. The summed E-state index contributed by atoms with van der Waals surface area (Å²) in [5, 5.41) is 3.37. The van der Waals surface area contributed by atoms with Crippen LogP contribution in [0.4, 0.5) is 4.39 Å². The molecule has 2 aromatic rings. The molecule has 0 spiro atoms. The van der Waals surface area contributed by atoms with Gasteiger partial charge in [-0.05, 0) is 43.7 Å². The fraction of sp³-hybridized carbons (Fsp3) is 0.294. The molecule has 0 radical (unpaired) electrons. The van der Waals surface area contributed by atoms with Crippen LogP contribution in [0.1, 0.15) is 16.7 Å². The van der Waals surface area contributed by atoms with Gasteiger partial charge in [0, 0.05) is 12.1 Å². The van der Waals surface area contributed by atoms with E-state index in [0.29, 0.717) is 0 Å². The quantitative estimate of drug-likeness (QED) is 0.814. The standard InChI is InChI=1S/C17H20FNO/c1-13-6-7-17(20-2)15(10-13)12-19-9-8-14-4-3-5-16(18)11-14/h3-7,10-11,19H,8-9,12H2,1-2H3. The highest BCUT2D eigenvalue weighted by Gasteiger charge is 2.02. The molecule has 0 heterocycles. The summed E-state index contributed by atoms with van der Waals surface area (Å²) in [5.74, 6) is 0.719. The fourth-order valence-corrected chi connectivity index (χ4v) is 2.19. The van der Waals surface area contributed by atoms with Gasteiger partial charge in [-0.1, -0.05) is 29.8 Å². The minimum absolute atomic E-state index is 0.178. The van der Waals surface area contributed by atoms with Gasteiger partial charge < -0.3 is 10.1 Å². The highest BCUT2D eigenvalue weighted by molar-refractivity contribution is 5.36. The average Bonchev–Trinajstić information content (AvgIpc) is 2.44. The van der Waals surface area contributed by atoms with Crippen molar-refractivity contribution in [3.05, 3.63) is 65.0 Å². The van der Waals surface area contributed by atoms with Crippen molar-refractivity contribution in [2.45, 2.75) is 19.9 Å². The molecule has 0 aromatic heterocycles. The number of methoxy groups -OCH3 is 1. The second kappa shape index (κ2) is 7.06. The molecular weight excluding hydrogens is 253 g/mol. The lowest BCUT2D eigenvalue weighted by Gasteiger charge is -2.10. The van der Waals surface area contributed by atoms with Crippen molar-refractivity contribution in [2.75, 3.05) is 13.7 Å². The van der Waals surface area contributed by atoms with E-state index in [1.807, 2.05) is 18.2 Å². The highest BCUT2D eigenvalue weighted by Crippen LogP contribution is 2.19. The first kappa shape index (κ1) is 14.5. The maximum absolute atomic E-state index is 13.0. The zero-order valence-electron chi connectivity index (χ0n) is 11.9. The summed E-state index contributed by atoms with van der Waals surface area (Å²) < 4.78 is 18.4. The third-order valence-electron chi connectivity index (χ3n) is 3.23. The Morgan fingerprint density at radius 1 is 1.15 bits per heavy atom. The molecule has 0 amide bonds. The molecule has 1 N–H and O–H groups in total. The summed E-state index contributed by atoms with van der Waals surface area (Å²) in [6, 6.07) is 12.9. The summed E-state index contributed by atoms with van der Waals surface area (Å²) in [7, 11) is 1.68. The van der Waals surface area contributed by atoms with E-state index >= 15 is 0 Å². The van der Waals surface area contributed by atoms with Crippen LogP contribution in [0.2, 0.25) is 0 Å². The Morgan fingerprint density at radius 3 is 2.75 bits per heavy atom. The number of rotatable bonds is 6. The maximum atomic E-state index is 13.0. The summed E-state index contributed by atoms with van der Waals surface area (Å²) in [6.07, 6.45) is 0.811. The number of aryl methyl sites for hydroxylation is 1. The Labute approximate surface area is 119 Å². The maximum Gasteiger partial charge on any atom is 0.123 e. The van der Waals surface area contributed by atoms with Crippen LogP contribution in [-0.4, -0.2) is 13.7 Å². The van der Waals surface area contributed by atoms with E-state index in [1.54, 1.807) is 19.2 Å². The topological polar surface area (TPSA) is 21.3 Å². The summed E-state index contributed by atoms with van der Waals surface area (Å²) in [4.78, 5) is 0. The molecule has 2 nitrogen and oxygen atoms in total. The van der Waals surface area contributed by atoms with Gasteiger partial charge >= 0.3 is 0 Å². The van der Waals surface area contributed by atoms with Crippen molar-refractivity contribution < 1.29 is 9.13 Å². The molecule has 20 heavy (non-hydrogen) atoms. The lowest BCUT2D eigenvalue weighted by molar-refractivity contribution is 0.407. The Hall–Kier alpha value is -1.87. The van der Waals surface area contributed by atoms with E-state index in [0.717, 1.165) is 36.4 Å². The third kappa shape index (κ3) is 4.07. The number of hydrogen-bond donors (Lipinski definition) is 1. The van der Waals surface area contributed by atoms with Crippen molar-refractivity contribution >= 4 is 0 Å². The molecule has 0 aliphatic carbocycles. The summed E-state index contributed by atoms with van der Waals surface area (Å²) in [6.45, 7) is 3.62. The molecule has 106 valence electrons. The summed E-state index contributed by atoms with van der Waals surface area (Å²) in [5.41, 5.74) is 3.37. The number of ether oxygens (including phenoxy) is 1. The highest BCUT2D eigenvalue weighted by atomic mass is 19.1. The van der Waals surface area contributed by atoms with Gasteiger partial charge in [0.25, 0.3) is 0 Å². The van der Waals surface area contributed by atoms with E-state index in [4.69, 9.17) is 4.74 Å². The number of halogens is 1. The number of nitrogens with one attached hydrogen (secondary N) is 1. The van der Waals surface area contributed by atoms with Crippen molar-refractivity contribution in [3.63, 3.8) is 0 Å². The smallest absolute Gasteiger partial charge is 0.123 e.